The van der Waals surface area contributed by atoms with Crippen molar-refractivity contribution in [3.63, 3.8) is 0 Å². The molecule has 0 saturated heterocycles. The van der Waals surface area contributed by atoms with Crippen molar-refractivity contribution in [2.45, 2.75) is 375 Å². The molecular formula is C72H140O17P2. The third-order valence-corrected chi connectivity index (χ3v) is 18.8. The maximum atomic E-state index is 13.0. The summed E-state index contributed by atoms with van der Waals surface area (Å²) in [6, 6.07) is 0. The summed E-state index contributed by atoms with van der Waals surface area (Å²) < 4.78 is 68.3. The Morgan fingerprint density at radius 1 is 0.308 bits per heavy atom. The number of esters is 4. The number of carbonyl (C=O) groups excluding carboxylic acids is 4. The van der Waals surface area contributed by atoms with Crippen LogP contribution in [-0.4, -0.2) is 96.7 Å². The van der Waals surface area contributed by atoms with Gasteiger partial charge in [-0.1, -0.05) is 306 Å². The molecule has 0 aromatic rings. The maximum Gasteiger partial charge on any atom is 0.472 e. The van der Waals surface area contributed by atoms with Gasteiger partial charge in [0.1, 0.15) is 19.3 Å². The van der Waals surface area contributed by atoms with Crippen molar-refractivity contribution in [3.05, 3.63) is 0 Å². The van der Waals surface area contributed by atoms with Gasteiger partial charge in [0.25, 0.3) is 0 Å². The smallest absolute Gasteiger partial charge is 0.462 e. The van der Waals surface area contributed by atoms with E-state index in [4.69, 9.17) is 37.0 Å². The molecule has 0 amide bonds. The van der Waals surface area contributed by atoms with Crippen LogP contribution in [0.3, 0.4) is 0 Å². The second-order valence-corrected chi connectivity index (χ2v) is 30.6. The number of phosphoric ester groups is 2. The minimum atomic E-state index is -4.95. The predicted octanol–water partition coefficient (Wildman–Crippen LogP) is 20.5. The summed E-state index contributed by atoms with van der Waals surface area (Å²) in [7, 11) is -9.90. The third-order valence-electron chi connectivity index (χ3n) is 16.9. The summed E-state index contributed by atoms with van der Waals surface area (Å²) in [5.74, 6) is 0.875. The molecular weight excluding hydrogens is 1200 g/mol. The van der Waals surface area contributed by atoms with Gasteiger partial charge in [0, 0.05) is 25.7 Å². The summed E-state index contributed by atoms with van der Waals surface area (Å²) in [4.78, 5) is 72.6. The molecule has 0 aliphatic heterocycles. The summed E-state index contributed by atoms with van der Waals surface area (Å²) in [5, 5.41) is 10.6. The molecule has 0 aromatic heterocycles. The fourth-order valence-corrected chi connectivity index (χ4v) is 12.4. The van der Waals surface area contributed by atoms with Gasteiger partial charge >= 0.3 is 39.5 Å². The van der Waals surface area contributed by atoms with E-state index in [1.807, 2.05) is 0 Å². The monoisotopic (exact) mass is 1340 g/mol. The van der Waals surface area contributed by atoms with Gasteiger partial charge < -0.3 is 33.8 Å². The van der Waals surface area contributed by atoms with Crippen LogP contribution in [0.25, 0.3) is 0 Å². The first-order chi connectivity index (χ1) is 43.6. The topological polar surface area (TPSA) is 237 Å². The standard InChI is InChI=1S/C72H140O17P2/c1-9-65(8)51-43-35-26-19-14-12-10-11-13-15-20-28-38-46-54-71(76)89-68(59-83-70(75)53-45-37-31-30-34-42-50-64(6)7)61-87-91(80,81)85-57-66(73)56-84-90(78,79)86-60-67(58-82-69(74)52-44-36-27-23-22-25-33-41-49-63(4)5)88-72(77)55-47-39-29-21-17-16-18-24-32-40-48-62(2)3/h62-68,73H,9-61H2,1-8H3,(H,78,79)(H,80,81)/t65?,66-,67-,68-/m1/s1. The lowest BCUT2D eigenvalue weighted by molar-refractivity contribution is -0.161. The number of unbranched alkanes of at least 4 members (excludes halogenated alkanes) is 34. The molecule has 0 radical (unpaired) electrons. The fourth-order valence-electron chi connectivity index (χ4n) is 10.8. The number of aliphatic hydroxyl groups is 1. The van der Waals surface area contributed by atoms with Gasteiger partial charge in [-0.3, -0.25) is 37.3 Å². The van der Waals surface area contributed by atoms with Crippen molar-refractivity contribution >= 4 is 39.5 Å². The SMILES string of the molecule is CCC(C)CCCCCCCCCCCCCCCCC(=O)O[C@H](COC(=O)CCCCCCCCC(C)C)COP(=O)(O)OC[C@H](O)COP(=O)(O)OC[C@@H](COC(=O)CCCCCCCCCCC(C)C)OC(=O)CCCCCCCCCCCCC(C)C. The Balaban J connectivity index is 5.22. The number of phosphoric acid groups is 2. The average molecular weight is 1340 g/mol. The highest BCUT2D eigenvalue weighted by Gasteiger charge is 2.30. The van der Waals surface area contributed by atoms with E-state index < -0.39 is 97.5 Å². The van der Waals surface area contributed by atoms with E-state index in [1.165, 1.54) is 154 Å². The Kier molecular flexibility index (Phi) is 60.3. The lowest BCUT2D eigenvalue weighted by Gasteiger charge is -2.21. The zero-order valence-electron chi connectivity index (χ0n) is 59.5. The van der Waals surface area contributed by atoms with Crippen LogP contribution in [0.4, 0.5) is 0 Å². The molecule has 0 fully saturated rings. The number of ether oxygens (including phenoxy) is 4. The van der Waals surface area contributed by atoms with Crippen molar-refractivity contribution < 1.29 is 80.2 Å². The lowest BCUT2D eigenvalue weighted by atomic mass is 9.99. The van der Waals surface area contributed by atoms with Crippen LogP contribution >= 0.6 is 15.6 Å². The van der Waals surface area contributed by atoms with Crippen LogP contribution in [0.1, 0.15) is 357 Å². The third kappa shape index (κ3) is 65.1. The predicted molar refractivity (Wildman–Crippen MR) is 367 cm³/mol. The molecule has 91 heavy (non-hydrogen) atoms. The molecule has 0 spiro atoms. The minimum Gasteiger partial charge on any atom is -0.462 e. The molecule has 0 saturated carbocycles. The Bertz CT molecular complexity index is 1800. The molecule has 3 N–H and O–H groups in total. The molecule has 0 aromatic carbocycles. The second kappa shape index (κ2) is 61.6. The normalized spacial score (nSPS) is 14.5. The van der Waals surface area contributed by atoms with E-state index in [0.717, 1.165) is 114 Å². The summed E-state index contributed by atoms with van der Waals surface area (Å²) in [6.45, 7) is 14.1. The highest BCUT2D eigenvalue weighted by atomic mass is 31.2. The van der Waals surface area contributed by atoms with Gasteiger partial charge in [-0.2, -0.15) is 0 Å². The van der Waals surface area contributed by atoms with Gasteiger partial charge in [0.15, 0.2) is 12.2 Å². The minimum absolute atomic E-state index is 0.105. The maximum absolute atomic E-state index is 13.0. The van der Waals surface area contributed by atoms with Crippen molar-refractivity contribution in [3.8, 4) is 0 Å². The first-order valence-corrected chi connectivity index (χ1v) is 40.2. The highest BCUT2D eigenvalue weighted by molar-refractivity contribution is 7.47. The molecule has 6 atom stereocenters. The first kappa shape index (κ1) is 89.1. The number of hydrogen-bond donors (Lipinski definition) is 3. The van der Waals surface area contributed by atoms with E-state index in [0.29, 0.717) is 31.6 Å². The summed E-state index contributed by atoms with van der Waals surface area (Å²) in [5.41, 5.74) is 0. The van der Waals surface area contributed by atoms with Crippen LogP contribution in [0.5, 0.6) is 0 Å². The van der Waals surface area contributed by atoms with Crippen molar-refractivity contribution in [1.29, 1.82) is 0 Å². The van der Waals surface area contributed by atoms with Gasteiger partial charge in [-0.15, -0.1) is 0 Å². The van der Waals surface area contributed by atoms with E-state index in [2.05, 4.69) is 55.4 Å². The van der Waals surface area contributed by atoms with Crippen molar-refractivity contribution in [2.75, 3.05) is 39.6 Å². The van der Waals surface area contributed by atoms with Crippen LogP contribution in [0.15, 0.2) is 0 Å². The van der Waals surface area contributed by atoms with E-state index in [9.17, 15) is 43.2 Å². The Morgan fingerprint density at radius 2 is 0.527 bits per heavy atom. The second-order valence-electron chi connectivity index (χ2n) is 27.6. The van der Waals surface area contributed by atoms with Gasteiger partial charge in [-0.05, 0) is 49.4 Å². The molecule has 17 nitrogen and oxygen atoms in total. The lowest BCUT2D eigenvalue weighted by Crippen LogP contribution is -2.30. The van der Waals surface area contributed by atoms with E-state index in [1.54, 1.807) is 0 Å². The molecule has 0 heterocycles. The molecule has 19 heteroatoms. The van der Waals surface area contributed by atoms with Gasteiger partial charge in [0.05, 0.1) is 26.4 Å². The van der Waals surface area contributed by atoms with E-state index in [-0.39, 0.29) is 25.7 Å². The van der Waals surface area contributed by atoms with E-state index >= 15 is 0 Å². The van der Waals surface area contributed by atoms with Crippen LogP contribution < -0.4 is 0 Å². The summed E-state index contributed by atoms with van der Waals surface area (Å²) >= 11 is 0. The molecule has 0 aliphatic rings. The number of hydrogen-bond acceptors (Lipinski definition) is 15. The average Bonchev–Trinajstić information content (AvgIpc) is 3.72. The highest BCUT2D eigenvalue weighted by Crippen LogP contribution is 2.45. The summed E-state index contributed by atoms with van der Waals surface area (Å²) in [6.07, 6.45) is 44.6. The number of rotatable bonds is 69. The number of carbonyl (C=O) groups is 4. The van der Waals surface area contributed by atoms with Crippen LogP contribution in [0, 0.1) is 23.7 Å². The van der Waals surface area contributed by atoms with Crippen LogP contribution in [-0.2, 0) is 65.4 Å². The molecule has 0 aliphatic carbocycles. The Morgan fingerprint density at radius 3 is 0.780 bits per heavy atom. The first-order valence-electron chi connectivity index (χ1n) is 37.2. The van der Waals surface area contributed by atoms with Crippen molar-refractivity contribution in [1.82, 2.24) is 0 Å². The Labute approximate surface area is 556 Å². The molecule has 3 unspecified atom stereocenters. The van der Waals surface area contributed by atoms with Crippen LogP contribution in [0.2, 0.25) is 0 Å². The zero-order chi connectivity index (χ0) is 67.5. The molecule has 0 rings (SSSR count). The molecule has 0 bridgehead atoms. The zero-order valence-corrected chi connectivity index (χ0v) is 61.3. The van der Waals surface area contributed by atoms with Gasteiger partial charge in [-0.25, -0.2) is 9.13 Å². The number of aliphatic hydroxyl groups excluding tert-OH is 1. The largest absolute Gasteiger partial charge is 0.472 e. The molecule has 540 valence electrons. The quantitative estimate of drug-likeness (QED) is 0.0222. The van der Waals surface area contributed by atoms with Crippen molar-refractivity contribution in [2.24, 2.45) is 23.7 Å². The fraction of sp³-hybridized carbons (Fsp3) is 0.944. The van der Waals surface area contributed by atoms with Gasteiger partial charge in [0.2, 0.25) is 0 Å². The Hall–Kier alpha value is -1.94.